The summed E-state index contributed by atoms with van der Waals surface area (Å²) in [5, 5.41) is 14.2. The van der Waals surface area contributed by atoms with Crippen molar-refractivity contribution >= 4 is 22.8 Å². The van der Waals surface area contributed by atoms with Gasteiger partial charge in [-0.15, -0.1) is 0 Å². The molecule has 38 heavy (non-hydrogen) atoms. The van der Waals surface area contributed by atoms with Gasteiger partial charge in [-0.2, -0.15) is 10.4 Å². The van der Waals surface area contributed by atoms with Gasteiger partial charge in [0.15, 0.2) is 0 Å². The van der Waals surface area contributed by atoms with Crippen LogP contribution >= 0.6 is 0 Å². The summed E-state index contributed by atoms with van der Waals surface area (Å²) in [5.41, 5.74) is 5.90. The summed E-state index contributed by atoms with van der Waals surface area (Å²) >= 11 is 0. The maximum Gasteiger partial charge on any atom is 0.246 e. The van der Waals surface area contributed by atoms with Crippen molar-refractivity contribution in [1.82, 2.24) is 24.3 Å². The molecule has 6 rings (SSSR count). The molecule has 3 aliphatic rings. The number of hydrogen-bond donors (Lipinski definition) is 0. The Kier molecular flexibility index (Phi) is 6.30. The number of likely N-dealkylation sites (N-methyl/N-ethyl adjacent to an activating group) is 1. The maximum absolute atomic E-state index is 11.7. The molecule has 0 unspecified atom stereocenters. The van der Waals surface area contributed by atoms with Crippen LogP contribution in [0.5, 0.6) is 0 Å². The molecule has 5 heterocycles. The second-order valence-electron chi connectivity index (χ2n) is 10.8. The zero-order valence-electron chi connectivity index (χ0n) is 22.1. The second-order valence-corrected chi connectivity index (χ2v) is 10.8. The summed E-state index contributed by atoms with van der Waals surface area (Å²) in [6, 6.07) is 14.2. The zero-order valence-corrected chi connectivity index (χ0v) is 22.1. The fourth-order valence-corrected chi connectivity index (χ4v) is 5.77. The largest absolute Gasteiger partial charge is 0.369 e. The maximum atomic E-state index is 11.7. The average molecular weight is 511 g/mol. The molecule has 3 aliphatic heterocycles. The number of nitriles is 1. The Balaban J connectivity index is 1.17. The van der Waals surface area contributed by atoms with Gasteiger partial charge >= 0.3 is 0 Å². The minimum Gasteiger partial charge on any atom is -0.369 e. The molecule has 3 fully saturated rings. The van der Waals surface area contributed by atoms with Crippen molar-refractivity contribution in [3.63, 3.8) is 0 Å². The number of fused-ring (bicyclic) bond motifs is 1. The van der Waals surface area contributed by atoms with E-state index in [0.717, 1.165) is 74.7 Å². The Labute approximate surface area is 223 Å². The quantitative estimate of drug-likeness (QED) is 0.471. The Morgan fingerprint density at radius 1 is 1.05 bits per heavy atom. The molecule has 0 spiro atoms. The van der Waals surface area contributed by atoms with Crippen molar-refractivity contribution in [3.05, 3.63) is 60.9 Å². The highest BCUT2D eigenvalue weighted by atomic mass is 16.2. The van der Waals surface area contributed by atoms with Gasteiger partial charge in [0.1, 0.15) is 6.07 Å². The van der Waals surface area contributed by atoms with E-state index in [0.29, 0.717) is 17.6 Å². The van der Waals surface area contributed by atoms with Crippen molar-refractivity contribution in [2.75, 3.05) is 76.3 Å². The predicted octanol–water partition coefficient (Wildman–Crippen LogP) is 2.14. The fraction of sp³-hybridized carbons (Fsp3) is 0.414. The third-order valence-corrected chi connectivity index (χ3v) is 8.40. The molecular formula is C29H34N8O. The van der Waals surface area contributed by atoms with Crippen LogP contribution in [-0.2, 0) is 4.79 Å². The minimum absolute atomic E-state index is 0.0308. The van der Waals surface area contributed by atoms with Crippen molar-refractivity contribution in [3.8, 4) is 17.2 Å². The lowest BCUT2D eigenvalue weighted by molar-refractivity contribution is -0.133. The summed E-state index contributed by atoms with van der Waals surface area (Å²) in [4.78, 5) is 23.2. The lowest BCUT2D eigenvalue weighted by Crippen LogP contribution is -2.64. The molecule has 0 bridgehead atoms. The Bertz CT molecular complexity index is 1380. The van der Waals surface area contributed by atoms with E-state index in [9.17, 15) is 10.1 Å². The summed E-state index contributed by atoms with van der Waals surface area (Å²) in [6.07, 6.45) is 5.09. The van der Waals surface area contributed by atoms with Crippen LogP contribution < -0.4 is 9.80 Å². The minimum atomic E-state index is 0.0308. The van der Waals surface area contributed by atoms with E-state index in [1.54, 1.807) is 6.20 Å². The first-order valence-electron chi connectivity index (χ1n) is 13.3. The number of hydrogen-bond acceptors (Lipinski definition) is 7. The molecule has 3 saturated heterocycles. The molecule has 9 nitrogen and oxygen atoms in total. The molecule has 196 valence electrons. The molecule has 3 aromatic rings. The number of carbonyl (C=O) groups is 1. The van der Waals surface area contributed by atoms with Gasteiger partial charge in [0.2, 0.25) is 5.91 Å². The number of amides is 1. The normalized spacial score (nSPS) is 18.9. The van der Waals surface area contributed by atoms with Crippen LogP contribution in [0.4, 0.5) is 11.4 Å². The number of aromatic nitrogens is 2. The zero-order chi connectivity index (χ0) is 26.4. The van der Waals surface area contributed by atoms with Crippen LogP contribution in [0.3, 0.4) is 0 Å². The number of carbonyl (C=O) groups excluding carboxylic acids is 1. The number of piperazine rings is 1. The van der Waals surface area contributed by atoms with Gasteiger partial charge in [0.25, 0.3) is 0 Å². The molecule has 9 heteroatoms. The van der Waals surface area contributed by atoms with Gasteiger partial charge in [-0.05, 0) is 43.9 Å². The fourth-order valence-electron chi connectivity index (χ4n) is 5.77. The van der Waals surface area contributed by atoms with Crippen LogP contribution in [0.2, 0.25) is 0 Å². The number of benzene rings is 1. The number of pyridine rings is 1. The number of rotatable bonds is 6. The molecule has 0 N–H and O–H groups in total. The van der Waals surface area contributed by atoms with E-state index in [1.165, 1.54) is 11.8 Å². The van der Waals surface area contributed by atoms with E-state index < -0.39 is 0 Å². The number of nitrogens with zero attached hydrogens (tertiary/aromatic N) is 8. The van der Waals surface area contributed by atoms with Crippen molar-refractivity contribution in [1.29, 1.82) is 5.26 Å². The standard InChI is InChI=1S/C29H34N8O/c1-4-28(38)36-18-26(19-36)34-11-9-33(10-12-34)23-7-5-21(6-8-23)27-13-24(35-16-25(17-35)32(2)3)20-37-29(27)22(14-30)15-31-37/h4-8,13,15,20,25-26H,1,9-12,16-19H2,2-3H3. The van der Waals surface area contributed by atoms with Crippen LogP contribution in [0.25, 0.3) is 16.6 Å². The van der Waals surface area contributed by atoms with Gasteiger partial charge in [-0.1, -0.05) is 18.7 Å². The van der Waals surface area contributed by atoms with Crippen LogP contribution in [0, 0.1) is 11.3 Å². The summed E-state index contributed by atoms with van der Waals surface area (Å²) in [6.45, 7) is 11.1. The number of likely N-dealkylation sites (tertiary alicyclic amines) is 1. The molecule has 0 aliphatic carbocycles. The van der Waals surface area contributed by atoms with Gasteiger partial charge in [-0.25, -0.2) is 4.52 Å². The monoisotopic (exact) mass is 510 g/mol. The lowest BCUT2D eigenvalue weighted by atomic mass is 10.0. The predicted molar refractivity (Wildman–Crippen MR) is 149 cm³/mol. The first-order valence-corrected chi connectivity index (χ1v) is 13.3. The van der Waals surface area contributed by atoms with Crippen LogP contribution in [0.15, 0.2) is 55.4 Å². The molecule has 1 aromatic carbocycles. The first kappa shape index (κ1) is 24.5. The third kappa shape index (κ3) is 4.30. The van der Waals surface area contributed by atoms with Crippen LogP contribution in [-0.4, -0.2) is 109 Å². The van der Waals surface area contributed by atoms with Crippen molar-refractivity contribution in [2.24, 2.45) is 0 Å². The second kappa shape index (κ2) is 9.78. The SMILES string of the molecule is C=CC(=O)N1CC(N2CCN(c3ccc(-c4cc(N5CC(N(C)C)C5)cn5ncc(C#N)c45)cc3)CC2)C1. The summed E-state index contributed by atoms with van der Waals surface area (Å²) in [5.74, 6) is 0.0308. The summed E-state index contributed by atoms with van der Waals surface area (Å²) in [7, 11) is 4.25. The van der Waals surface area contributed by atoms with E-state index in [-0.39, 0.29) is 5.91 Å². The molecule has 1 amide bonds. The molecule has 0 radical (unpaired) electrons. The van der Waals surface area contributed by atoms with Crippen molar-refractivity contribution in [2.45, 2.75) is 12.1 Å². The Morgan fingerprint density at radius 3 is 2.39 bits per heavy atom. The van der Waals surface area contributed by atoms with Crippen LogP contribution in [0.1, 0.15) is 5.56 Å². The smallest absolute Gasteiger partial charge is 0.246 e. The average Bonchev–Trinajstić information content (AvgIpc) is 3.30. The highest BCUT2D eigenvalue weighted by Crippen LogP contribution is 2.34. The molecule has 0 atom stereocenters. The Hall–Kier alpha value is -3.87. The van der Waals surface area contributed by atoms with Gasteiger partial charge in [0, 0.05) is 75.7 Å². The summed E-state index contributed by atoms with van der Waals surface area (Å²) < 4.78 is 1.85. The van der Waals surface area contributed by atoms with E-state index in [4.69, 9.17) is 0 Å². The van der Waals surface area contributed by atoms with E-state index in [2.05, 4.69) is 81.8 Å². The molecule has 0 saturated carbocycles. The first-order chi connectivity index (χ1) is 18.4. The van der Waals surface area contributed by atoms with E-state index in [1.807, 2.05) is 15.6 Å². The topological polar surface area (TPSA) is 74.4 Å². The lowest BCUT2D eigenvalue weighted by Gasteiger charge is -2.48. The molecular weight excluding hydrogens is 476 g/mol. The third-order valence-electron chi connectivity index (χ3n) is 8.40. The highest BCUT2D eigenvalue weighted by molar-refractivity contribution is 5.88. The highest BCUT2D eigenvalue weighted by Gasteiger charge is 2.35. The van der Waals surface area contributed by atoms with Gasteiger partial charge in [-0.3, -0.25) is 9.69 Å². The van der Waals surface area contributed by atoms with Gasteiger partial charge in [0.05, 0.1) is 29.2 Å². The van der Waals surface area contributed by atoms with E-state index >= 15 is 0 Å². The van der Waals surface area contributed by atoms with Crippen molar-refractivity contribution < 1.29 is 4.79 Å². The number of anilines is 2. The molecule has 2 aromatic heterocycles. The van der Waals surface area contributed by atoms with Gasteiger partial charge < -0.3 is 19.6 Å². The Morgan fingerprint density at radius 2 is 1.76 bits per heavy atom.